The van der Waals surface area contributed by atoms with Gasteiger partial charge in [-0.15, -0.1) is 0 Å². The Kier molecular flexibility index (Phi) is 4.13. The van der Waals surface area contributed by atoms with Crippen molar-refractivity contribution in [3.63, 3.8) is 0 Å². The number of furan rings is 1. The molecule has 0 amide bonds. The van der Waals surface area contributed by atoms with Crippen molar-refractivity contribution in [2.45, 2.75) is 0 Å². The lowest BCUT2D eigenvalue weighted by atomic mass is 9.96. The number of nitrogens with two attached hydrogens (primary N) is 1. The van der Waals surface area contributed by atoms with E-state index in [4.69, 9.17) is 24.5 Å². The molecule has 2 aromatic carbocycles. The van der Waals surface area contributed by atoms with Crippen LogP contribution in [0.1, 0.15) is 5.56 Å². The molecule has 7 nitrogen and oxygen atoms in total. The van der Waals surface area contributed by atoms with Gasteiger partial charge in [-0.25, -0.2) is 0 Å². The molecule has 130 valence electrons. The fourth-order valence-electron chi connectivity index (χ4n) is 2.68. The molecule has 0 aliphatic rings. The van der Waals surface area contributed by atoms with E-state index < -0.39 is 10.1 Å². The number of amidine groups is 1. The quantitative estimate of drug-likeness (QED) is 0.411. The van der Waals surface area contributed by atoms with Crippen molar-refractivity contribution in [3.8, 4) is 22.6 Å². The number of hydrogen-bond acceptors (Lipinski definition) is 6. The van der Waals surface area contributed by atoms with Crippen LogP contribution in [0.5, 0.6) is 11.5 Å². The highest BCUT2D eigenvalue weighted by atomic mass is 32.2. The zero-order valence-electron chi connectivity index (χ0n) is 13.6. The Morgan fingerprint density at radius 1 is 1.20 bits per heavy atom. The minimum absolute atomic E-state index is 0.0115. The third-order valence-corrected chi connectivity index (χ3v) is 4.12. The molecule has 0 spiro atoms. The molecule has 3 rings (SSSR count). The monoisotopic (exact) mass is 360 g/mol. The van der Waals surface area contributed by atoms with Gasteiger partial charge in [-0.1, -0.05) is 12.1 Å². The van der Waals surface area contributed by atoms with Gasteiger partial charge in [-0.3, -0.25) is 5.41 Å². The lowest BCUT2D eigenvalue weighted by Crippen LogP contribution is -2.16. The minimum atomic E-state index is -3.85. The largest absolute Gasteiger partial charge is 0.496 e. The molecule has 0 saturated heterocycles. The number of fused-ring (bicyclic) bond motifs is 1. The summed E-state index contributed by atoms with van der Waals surface area (Å²) in [6.45, 7) is 0. The van der Waals surface area contributed by atoms with Crippen LogP contribution in [-0.4, -0.2) is 27.6 Å². The molecule has 1 heterocycles. The average molecular weight is 360 g/mol. The second-order valence-electron chi connectivity index (χ2n) is 5.40. The summed E-state index contributed by atoms with van der Waals surface area (Å²) < 4.78 is 39.4. The van der Waals surface area contributed by atoms with E-state index in [1.54, 1.807) is 30.3 Å². The molecule has 0 atom stereocenters. The Morgan fingerprint density at radius 3 is 2.48 bits per heavy atom. The molecule has 0 saturated carbocycles. The highest BCUT2D eigenvalue weighted by molar-refractivity contribution is 7.86. The molecular formula is C17H16N2O5S. The number of nitrogens with one attached hydrogen (secondary N) is 1. The van der Waals surface area contributed by atoms with Crippen LogP contribution < -0.4 is 14.7 Å². The van der Waals surface area contributed by atoms with Crippen molar-refractivity contribution in [1.29, 1.82) is 5.41 Å². The Bertz CT molecular complexity index is 1060. The molecule has 0 aliphatic heterocycles. The normalized spacial score (nSPS) is 11.4. The first-order valence-corrected chi connectivity index (χ1v) is 9.03. The Morgan fingerprint density at radius 2 is 1.92 bits per heavy atom. The van der Waals surface area contributed by atoms with Crippen LogP contribution in [0.25, 0.3) is 21.9 Å². The summed E-state index contributed by atoms with van der Waals surface area (Å²) in [5.74, 6) is 0.192. The average Bonchev–Trinajstić information content (AvgIpc) is 3.06. The molecule has 3 N–H and O–H groups in total. The van der Waals surface area contributed by atoms with Gasteiger partial charge in [0.15, 0.2) is 5.75 Å². The van der Waals surface area contributed by atoms with Crippen molar-refractivity contribution < 1.29 is 21.8 Å². The maximum absolute atomic E-state index is 11.8. The summed E-state index contributed by atoms with van der Waals surface area (Å²) in [6.07, 6.45) is 3.95. The summed E-state index contributed by atoms with van der Waals surface area (Å²) >= 11 is 0. The second kappa shape index (κ2) is 6.14. The maximum Gasteiger partial charge on any atom is 0.306 e. The van der Waals surface area contributed by atoms with Gasteiger partial charge in [0.25, 0.3) is 0 Å². The van der Waals surface area contributed by atoms with Crippen molar-refractivity contribution in [1.82, 2.24) is 0 Å². The van der Waals surface area contributed by atoms with E-state index in [1.807, 2.05) is 0 Å². The van der Waals surface area contributed by atoms with Gasteiger partial charge >= 0.3 is 10.1 Å². The van der Waals surface area contributed by atoms with Crippen LogP contribution in [0.2, 0.25) is 0 Å². The maximum atomic E-state index is 11.8. The molecule has 25 heavy (non-hydrogen) atoms. The van der Waals surface area contributed by atoms with Crippen molar-refractivity contribution in [2.24, 2.45) is 5.73 Å². The highest BCUT2D eigenvalue weighted by Crippen LogP contribution is 2.43. The number of rotatable bonds is 5. The molecule has 0 aliphatic carbocycles. The molecule has 0 radical (unpaired) electrons. The number of nitrogen functional groups attached to an aromatic ring is 1. The lowest BCUT2D eigenvalue weighted by molar-refractivity contribution is 0.416. The van der Waals surface area contributed by atoms with Crippen LogP contribution in [-0.2, 0) is 10.1 Å². The molecule has 1 aromatic heterocycles. The lowest BCUT2D eigenvalue weighted by Gasteiger charge is -2.16. The minimum Gasteiger partial charge on any atom is -0.496 e. The molecule has 0 unspecified atom stereocenters. The zero-order valence-corrected chi connectivity index (χ0v) is 14.4. The van der Waals surface area contributed by atoms with E-state index in [-0.39, 0.29) is 17.1 Å². The Hall–Kier alpha value is -3.00. The van der Waals surface area contributed by atoms with E-state index in [1.165, 1.54) is 19.6 Å². The van der Waals surface area contributed by atoms with Gasteiger partial charge in [0, 0.05) is 16.5 Å². The highest BCUT2D eigenvalue weighted by Gasteiger charge is 2.22. The SMILES string of the molecule is COc1ccc2ccc(C(=N)N)c(OS(C)(=O)=O)c2c1-c1ccoc1. The van der Waals surface area contributed by atoms with Gasteiger partial charge in [-0.05, 0) is 23.6 Å². The summed E-state index contributed by atoms with van der Waals surface area (Å²) in [5.41, 5.74) is 7.07. The first-order chi connectivity index (χ1) is 11.8. The number of hydrogen-bond donors (Lipinski definition) is 2. The molecular weight excluding hydrogens is 344 g/mol. The topological polar surface area (TPSA) is 116 Å². The predicted octanol–water partition coefficient (Wildman–Crippen LogP) is 2.73. The Labute approximate surface area is 144 Å². The first kappa shape index (κ1) is 16.8. The summed E-state index contributed by atoms with van der Waals surface area (Å²) in [6, 6.07) is 8.56. The third-order valence-electron chi connectivity index (χ3n) is 3.66. The summed E-state index contributed by atoms with van der Waals surface area (Å²) in [7, 11) is -2.34. The van der Waals surface area contributed by atoms with Gasteiger partial charge in [-0.2, -0.15) is 8.42 Å². The number of methoxy groups -OCH3 is 1. The molecule has 0 bridgehead atoms. The standard InChI is InChI=1S/C17H16N2O5S/c1-22-13-6-4-10-3-5-12(17(18)19)16(24-25(2,20)21)15(10)14(13)11-7-8-23-9-11/h3-9H,1-2H3,(H3,18,19). The van der Waals surface area contributed by atoms with E-state index in [2.05, 4.69) is 0 Å². The van der Waals surface area contributed by atoms with Crippen molar-refractivity contribution in [3.05, 3.63) is 48.4 Å². The second-order valence-corrected chi connectivity index (χ2v) is 6.97. The van der Waals surface area contributed by atoms with Gasteiger partial charge in [0.05, 0.1) is 31.5 Å². The first-order valence-electron chi connectivity index (χ1n) is 7.22. The van der Waals surface area contributed by atoms with E-state index in [0.29, 0.717) is 27.6 Å². The molecule has 3 aromatic rings. The fraction of sp³-hybridized carbons (Fsp3) is 0.118. The van der Waals surface area contributed by atoms with Gasteiger partial charge in [0.2, 0.25) is 0 Å². The third kappa shape index (κ3) is 3.16. The van der Waals surface area contributed by atoms with Crippen molar-refractivity contribution in [2.75, 3.05) is 13.4 Å². The van der Waals surface area contributed by atoms with Gasteiger partial charge < -0.3 is 19.1 Å². The summed E-state index contributed by atoms with van der Waals surface area (Å²) in [4.78, 5) is 0. The molecule has 8 heteroatoms. The van der Waals surface area contributed by atoms with Crippen LogP contribution in [0, 0.1) is 5.41 Å². The van der Waals surface area contributed by atoms with Crippen LogP contribution >= 0.6 is 0 Å². The number of benzene rings is 2. The zero-order chi connectivity index (χ0) is 18.2. The van der Waals surface area contributed by atoms with Crippen LogP contribution in [0.4, 0.5) is 0 Å². The van der Waals surface area contributed by atoms with Crippen LogP contribution in [0.15, 0.2) is 47.3 Å². The summed E-state index contributed by atoms with van der Waals surface area (Å²) in [5, 5.41) is 8.94. The molecule has 0 fully saturated rings. The smallest absolute Gasteiger partial charge is 0.306 e. The Balaban J connectivity index is 2.50. The predicted molar refractivity (Wildman–Crippen MR) is 94.7 cm³/mol. The van der Waals surface area contributed by atoms with E-state index >= 15 is 0 Å². The fourth-order valence-corrected chi connectivity index (χ4v) is 3.16. The van der Waals surface area contributed by atoms with Crippen molar-refractivity contribution >= 4 is 26.7 Å². The van der Waals surface area contributed by atoms with Gasteiger partial charge in [0.1, 0.15) is 11.6 Å². The van der Waals surface area contributed by atoms with E-state index in [0.717, 1.165) is 6.26 Å². The van der Waals surface area contributed by atoms with Crippen LogP contribution in [0.3, 0.4) is 0 Å². The van der Waals surface area contributed by atoms with E-state index in [9.17, 15) is 8.42 Å². The number of ether oxygens (including phenoxy) is 1.